The predicted octanol–water partition coefficient (Wildman–Crippen LogP) is 1.00. The molecule has 0 aliphatic heterocycles. The summed E-state index contributed by atoms with van der Waals surface area (Å²) in [5.74, 6) is 0. The highest BCUT2D eigenvalue weighted by atomic mass is 35.5. The molecule has 0 aromatic rings. The highest BCUT2D eigenvalue weighted by molar-refractivity contribution is 6.24. The summed E-state index contributed by atoms with van der Waals surface area (Å²) >= 11 is 5.60. The van der Waals surface area contributed by atoms with E-state index in [4.69, 9.17) is 17.3 Å². The predicted molar refractivity (Wildman–Crippen MR) is 41.6 cm³/mol. The minimum Gasteiger partial charge on any atom is -0.402 e. The number of nitrogens with zero attached hydrogens (tertiary/aromatic N) is 1. The Bertz CT molecular complexity index is 249. The maximum absolute atomic E-state index is 10.4. The molecule has 0 saturated carbocycles. The minimum atomic E-state index is -1.53. The van der Waals surface area contributed by atoms with Crippen LogP contribution in [0.4, 0.5) is 0 Å². The van der Waals surface area contributed by atoms with Crippen LogP contribution in [0.1, 0.15) is 6.42 Å². The second kappa shape index (κ2) is 2.54. The van der Waals surface area contributed by atoms with Gasteiger partial charge in [0.1, 0.15) is 0 Å². The van der Waals surface area contributed by atoms with Crippen molar-refractivity contribution < 1.29 is 4.92 Å². The molecule has 4 nitrogen and oxygen atoms in total. The number of nitro groups is 1. The second-order valence-corrected chi connectivity index (χ2v) is 3.01. The third-order valence-electron chi connectivity index (χ3n) is 1.42. The molecule has 0 heterocycles. The first-order valence-electron chi connectivity index (χ1n) is 3.02. The number of alkyl halides is 1. The summed E-state index contributed by atoms with van der Waals surface area (Å²) < 4.78 is 0. The summed E-state index contributed by atoms with van der Waals surface area (Å²) in [6, 6.07) is 0. The van der Waals surface area contributed by atoms with Gasteiger partial charge in [0.25, 0.3) is 0 Å². The number of nitrogens with two attached hydrogens (primary N) is 1. The van der Waals surface area contributed by atoms with E-state index in [1.807, 2.05) is 0 Å². The third-order valence-corrected chi connectivity index (χ3v) is 1.82. The fraction of sp³-hybridized carbons (Fsp3) is 0.333. The molecule has 0 fully saturated rings. The average Bonchev–Trinajstić information content (AvgIpc) is 1.86. The molecular weight excluding hydrogens is 168 g/mol. The van der Waals surface area contributed by atoms with Crippen molar-refractivity contribution in [2.24, 2.45) is 5.73 Å². The van der Waals surface area contributed by atoms with Gasteiger partial charge in [0.2, 0.25) is 0 Å². The van der Waals surface area contributed by atoms with Gasteiger partial charge in [0.15, 0.2) is 0 Å². The number of rotatable bonds is 1. The lowest BCUT2D eigenvalue weighted by Crippen LogP contribution is -2.32. The van der Waals surface area contributed by atoms with Crippen molar-refractivity contribution in [3.05, 3.63) is 34.0 Å². The van der Waals surface area contributed by atoms with Crippen LogP contribution in [0.2, 0.25) is 0 Å². The Labute approximate surface area is 68.5 Å². The van der Waals surface area contributed by atoms with Crippen LogP contribution in [0, 0.1) is 10.1 Å². The maximum atomic E-state index is 10.4. The van der Waals surface area contributed by atoms with Gasteiger partial charge < -0.3 is 5.73 Å². The zero-order valence-electron chi connectivity index (χ0n) is 5.66. The average molecular weight is 175 g/mol. The first-order chi connectivity index (χ1) is 5.04. The van der Waals surface area contributed by atoms with E-state index in [2.05, 4.69) is 0 Å². The van der Waals surface area contributed by atoms with Crippen molar-refractivity contribution in [3.63, 3.8) is 0 Å². The first kappa shape index (κ1) is 8.07. The topological polar surface area (TPSA) is 69.2 Å². The number of halogens is 1. The summed E-state index contributed by atoms with van der Waals surface area (Å²) in [5, 5.41) is 10.4. The Hall–Kier alpha value is -1.03. The van der Waals surface area contributed by atoms with Crippen LogP contribution in [-0.4, -0.2) is 9.92 Å². The van der Waals surface area contributed by atoms with E-state index < -0.39 is 9.92 Å². The van der Waals surface area contributed by atoms with Gasteiger partial charge in [0, 0.05) is 16.7 Å². The standard InChI is InChI=1S/C6H7ClN2O2/c7-6(9(10)11)3-1-2-5(8)4-6/h1-3H,4,8H2. The van der Waals surface area contributed by atoms with Crippen molar-refractivity contribution in [2.75, 3.05) is 0 Å². The summed E-state index contributed by atoms with van der Waals surface area (Å²) in [5.41, 5.74) is 5.80. The Morgan fingerprint density at radius 3 is 2.82 bits per heavy atom. The summed E-state index contributed by atoms with van der Waals surface area (Å²) in [7, 11) is 0. The zero-order valence-corrected chi connectivity index (χ0v) is 6.41. The van der Waals surface area contributed by atoms with E-state index in [0.717, 1.165) is 0 Å². The van der Waals surface area contributed by atoms with Gasteiger partial charge >= 0.3 is 5.00 Å². The molecule has 0 saturated heterocycles. The molecular formula is C6H7ClN2O2. The van der Waals surface area contributed by atoms with E-state index in [9.17, 15) is 10.1 Å². The van der Waals surface area contributed by atoms with Crippen molar-refractivity contribution >= 4 is 11.6 Å². The molecule has 1 rings (SSSR count). The zero-order chi connectivity index (χ0) is 8.48. The summed E-state index contributed by atoms with van der Waals surface area (Å²) in [6.45, 7) is 0. The van der Waals surface area contributed by atoms with Crippen LogP contribution in [0.5, 0.6) is 0 Å². The van der Waals surface area contributed by atoms with Crippen molar-refractivity contribution in [1.82, 2.24) is 0 Å². The van der Waals surface area contributed by atoms with Crippen molar-refractivity contribution in [1.29, 1.82) is 0 Å². The molecule has 0 amide bonds. The van der Waals surface area contributed by atoms with Crippen LogP contribution in [-0.2, 0) is 0 Å². The van der Waals surface area contributed by atoms with Gasteiger partial charge in [-0.2, -0.15) is 0 Å². The van der Waals surface area contributed by atoms with E-state index in [1.54, 1.807) is 6.08 Å². The fourth-order valence-corrected chi connectivity index (χ4v) is 1.08. The maximum Gasteiger partial charge on any atom is 0.319 e. The molecule has 60 valence electrons. The van der Waals surface area contributed by atoms with E-state index in [0.29, 0.717) is 5.70 Å². The minimum absolute atomic E-state index is 0.0675. The highest BCUT2D eigenvalue weighted by Gasteiger charge is 2.39. The molecule has 0 aromatic carbocycles. The van der Waals surface area contributed by atoms with Gasteiger partial charge in [-0.15, -0.1) is 0 Å². The van der Waals surface area contributed by atoms with Crippen LogP contribution in [0.25, 0.3) is 0 Å². The molecule has 2 N–H and O–H groups in total. The lowest BCUT2D eigenvalue weighted by Gasteiger charge is -2.16. The Balaban J connectivity index is 2.86. The van der Waals surface area contributed by atoms with Gasteiger partial charge in [-0.05, 0) is 17.7 Å². The second-order valence-electron chi connectivity index (χ2n) is 2.35. The SMILES string of the molecule is NC1=CC=CC(Cl)([N+](=O)[O-])C1. The highest BCUT2D eigenvalue weighted by Crippen LogP contribution is 2.27. The summed E-state index contributed by atoms with van der Waals surface area (Å²) in [6.07, 6.45) is 4.49. The van der Waals surface area contributed by atoms with Gasteiger partial charge in [0.05, 0.1) is 6.42 Å². The molecule has 1 aliphatic rings. The fourth-order valence-electron chi connectivity index (χ4n) is 0.849. The van der Waals surface area contributed by atoms with E-state index in [1.165, 1.54) is 12.2 Å². The number of hydrogen-bond acceptors (Lipinski definition) is 3. The molecule has 0 bridgehead atoms. The van der Waals surface area contributed by atoms with E-state index >= 15 is 0 Å². The lowest BCUT2D eigenvalue weighted by atomic mass is 10.1. The molecule has 5 heteroatoms. The molecule has 1 aliphatic carbocycles. The van der Waals surface area contributed by atoms with Crippen LogP contribution >= 0.6 is 11.6 Å². The van der Waals surface area contributed by atoms with Crippen LogP contribution in [0.15, 0.2) is 23.9 Å². The monoisotopic (exact) mass is 174 g/mol. The van der Waals surface area contributed by atoms with Gasteiger partial charge in [-0.1, -0.05) is 6.08 Å². The smallest absolute Gasteiger partial charge is 0.319 e. The van der Waals surface area contributed by atoms with E-state index in [-0.39, 0.29) is 6.42 Å². The van der Waals surface area contributed by atoms with Gasteiger partial charge in [-0.3, -0.25) is 10.1 Å². The number of hydrogen-bond donors (Lipinski definition) is 1. The largest absolute Gasteiger partial charge is 0.402 e. The summed E-state index contributed by atoms with van der Waals surface area (Å²) in [4.78, 5) is 8.28. The Morgan fingerprint density at radius 2 is 2.45 bits per heavy atom. The quantitative estimate of drug-likeness (QED) is 0.279. The molecule has 1 unspecified atom stereocenters. The normalized spacial score (nSPS) is 29.7. The Kier molecular flexibility index (Phi) is 1.87. The van der Waals surface area contributed by atoms with Crippen LogP contribution < -0.4 is 5.73 Å². The third kappa shape index (κ3) is 1.51. The molecule has 0 radical (unpaired) electrons. The molecule has 11 heavy (non-hydrogen) atoms. The number of allylic oxidation sites excluding steroid dienone is 2. The molecule has 0 aromatic heterocycles. The van der Waals surface area contributed by atoms with Crippen molar-refractivity contribution in [3.8, 4) is 0 Å². The molecule has 1 atom stereocenters. The lowest BCUT2D eigenvalue weighted by molar-refractivity contribution is -0.527. The van der Waals surface area contributed by atoms with Crippen molar-refractivity contribution in [2.45, 2.75) is 11.4 Å². The van der Waals surface area contributed by atoms with Crippen LogP contribution in [0.3, 0.4) is 0 Å². The first-order valence-corrected chi connectivity index (χ1v) is 3.40. The molecule has 0 spiro atoms. The van der Waals surface area contributed by atoms with Gasteiger partial charge in [-0.25, -0.2) is 0 Å². The Morgan fingerprint density at radius 1 is 1.82 bits per heavy atom.